The van der Waals surface area contributed by atoms with Crippen LogP contribution in [0, 0.1) is 17.8 Å². The summed E-state index contributed by atoms with van der Waals surface area (Å²) in [5.41, 5.74) is 1.09. The third-order valence-corrected chi connectivity index (χ3v) is 5.48. The summed E-state index contributed by atoms with van der Waals surface area (Å²) in [6.45, 7) is 8.64. The van der Waals surface area contributed by atoms with Gasteiger partial charge in [0.2, 0.25) is 0 Å². The normalized spacial score (nSPS) is 23.9. The van der Waals surface area contributed by atoms with Crippen LogP contribution in [0.4, 0.5) is 0 Å². The topological polar surface area (TPSA) is 88.5 Å². The van der Waals surface area contributed by atoms with Crippen LogP contribution in [-0.4, -0.2) is 53.8 Å². The molecule has 7 atom stereocenters. The van der Waals surface area contributed by atoms with E-state index in [2.05, 4.69) is 0 Å². The van der Waals surface area contributed by atoms with E-state index in [-0.39, 0.29) is 30.0 Å². The van der Waals surface area contributed by atoms with E-state index < -0.39 is 18.2 Å². The average Bonchev–Trinajstić information content (AvgIpc) is 3.50. The Morgan fingerprint density at radius 3 is 2.52 bits per heavy atom. The summed E-state index contributed by atoms with van der Waals surface area (Å²) in [7, 11) is 0. The molecule has 0 aromatic heterocycles. The first-order chi connectivity index (χ1) is 13.8. The molecule has 1 saturated heterocycles. The molecule has 2 rings (SSSR count). The average molecular weight is 407 g/mol. The summed E-state index contributed by atoms with van der Waals surface area (Å²) < 4.78 is 16.1. The van der Waals surface area contributed by atoms with Gasteiger partial charge in [-0.25, -0.2) is 4.79 Å². The predicted octanol–water partition coefficient (Wildman–Crippen LogP) is 2.72. The SMILES string of the molecule is CCOC(=O)/C=C/[C@@H]1O[C@H]1[C@H](C)[C@H](O)[C@H](C)[C@@H](O)[C@@H](C)COCc1ccccc1. The van der Waals surface area contributed by atoms with Gasteiger partial charge in [-0.1, -0.05) is 51.1 Å². The minimum absolute atomic E-state index is 0.116. The van der Waals surface area contributed by atoms with Crippen LogP contribution >= 0.6 is 0 Å². The van der Waals surface area contributed by atoms with Crippen molar-refractivity contribution < 1.29 is 29.2 Å². The van der Waals surface area contributed by atoms with Crippen LogP contribution in [0.1, 0.15) is 33.3 Å². The molecule has 0 saturated carbocycles. The fraction of sp³-hybridized carbons (Fsp3) is 0.609. The van der Waals surface area contributed by atoms with E-state index in [0.717, 1.165) is 5.56 Å². The van der Waals surface area contributed by atoms with Crippen LogP contribution in [0.2, 0.25) is 0 Å². The van der Waals surface area contributed by atoms with Crippen molar-refractivity contribution in [3.63, 3.8) is 0 Å². The Bertz CT molecular complexity index is 646. The highest BCUT2D eigenvalue weighted by Crippen LogP contribution is 2.35. The first-order valence-electron chi connectivity index (χ1n) is 10.3. The van der Waals surface area contributed by atoms with Crippen LogP contribution in [0.3, 0.4) is 0 Å². The highest BCUT2D eigenvalue weighted by molar-refractivity contribution is 5.82. The Balaban J connectivity index is 1.76. The van der Waals surface area contributed by atoms with Crippen LogP contribution in [-0.2, 0) is 25.6 Å². The van der Waals surface area contributed by atoms with Crippen molar-refractivity contribution in [1.82, 2.24) is 0 Å². The smallest absolute Gasteiger partial charge is 0.330 e. The molecular formula is C23H34O6. The lowest BCUT2D eigenvalue weighted by atomic mass is 9.83. The summed E-state index contributed by atoms with van der Waals surface area (Å²) >= 11 is 0. The summed E-state index contributed by atoms with van der Waals surface area (Å²) in [4.78, 5) is 11.4. The molecule has 1 aromatic carbocycles. The maximum atomic E-state index is 11.4. The van der Waals surface area contributed by atoms with E-state index in [1.807, 2.05) is 51.1 Å². The summed E-state index contributed by atoms with van der Waals surface area (Å²) in [5.74, 6) is -1.02. The number of carbonyl (C=O) groups excluding carboxylic acids is 1. The van der Waals surface area contributed by atoms with Gasteiger partial charge in [-0.3, -0.25) is 0 Å². The van der Waals surface area contributed by atoms with Gasteiger partial charge in [0.25, 0.3) is 0 Å². The van der Waals surface area contributed by atoms with Crippen LogP contribution in [0.15, 0.2) is 42.5 Å². The van der Waals surface area contributed by atoms with E-state index in [0.29, 0.717) is 19.8 Å². The van der Waals surface area contributed by atoms with E-state index >= 15 is 0 Å². The van der Waals surface area contributed by atoms with Crippen molar-refractivity contribution >= 4 is 5.97 Å². The van der Waals surface area contributed by atoms with Gasteiger partial charge in [-0.2, -0.15) is 0 Å². The molecule has 29 heavy (non-hydrogen) atoms. The maximum Gasteiger partial charge on any atom is 0.330 e. The zero-order chi connectivity index (χ0) is 21.4. The molecule has 0 spiro atoms. The van der Waals surface area contributed by atoms with Crippen molar-refractivity contribution in [2.24, 2.45) is 17.8 Å². The molecule has 0 aliphatic carbocycles. The van der Waals surface area contributed by atoms with E-state index in [4.69, 9.17) is 14.2 Å². The quantitative estimate of drug-likeness (QED) is 0.315. The third kappa shape index (κ3) is 7.23. The molecule has 162 valence electrons. The van der Waals surface area contributed by atoms with Gasteiger partial charge in [-0.15, -0.1) is 0 Å². The summed E-state index contributed by atoms with van der Waals surface area (Å²) in [6.07, 6.45) is 1.21. The number of aliphatic hydroxyl groups excluding tert-OH is 2. The first kappa shape index (κ1) is 23.5. The van der Waals surface area contributed by atoms with Crippen molar-refractivity contribution in [2.75, 3.05) is 13.2 Å². The second kappa shape index (κ2) is 11.5. The number of esters is 1. The second-order valence-corrected chi connectivity index (χ2v) is 7.85. The number of hydrogen-bond donors (Lipinski definition) is 2. The minimum atomic E-state index is -0.729. The fourth-order valence-electron chi connectivity index (χ4n) is 3.51. The van der Waals surface area contributed by atoms with E-state index in [1.165, 1.54) is 6.08 Å². The first-order valence-corrected chi connectivity index (χ1v) is 10.3. The van der Waals surface area contributed by atoms with Crippen molar-refractivity contribution in [2.45, 2.75) is 58.7 Å². The molecule has 6 heteroatoms. The lowest BCUT2D eigenvalue weighted by Crippen LogP contribution is -2.40. The number of hydrogen-bond acceptors (Lipinski definition) is 6. The van der Waals surface area contributed by atoms with Gasteiger partial charge in [-0.05, 0) is 18.6 Å². The molecule has 1 heterocycles. The molecule has 1 fully saturated rings. The molecule has 1 aliphatic rings. The number of rotatable bonds is 12. The maximum absolute atomic E-state index is 11.4. The number of aliphatic hydroxyl groups is 2. The monoisotopic (exact) mass is 406 g/mol. The highest BCUT2D eigenvalue weighted by atomic mass is 16.6. The largest absolute Gasteiger partial charge is 0.463 e. The van der Waals surface area contributed by atoms with Crippen molar-refractivity contribution in [3.05, 3.63) is 48.0 Å². The zero-order valence-corrected chi connectivity index (χ0v) is 17.7. The molecular weight excluding hydrogens is 372 g/mol. The lowest BCUT2D eigenvalue weighted by molar-refractivity contribution is -0.137. The van der Waals surface area contributed by atoms with Gasteiger partial charge in [0.05, 0.1) is 38.1 Å². The van der Waals surface area contributed by atoms with Crippen LogP contribution < -0.4 is 0 Å². The number of benzene rings is 1. The third-order valence-electron chi connectivity index (χ3n) is 5.48. The number of epoxide rings is 1. The molecule has 0 bridgehead atoms. The van der Waals surface area contributed by atoms with Crippen LogP contribution in [0.5, 0.6) is 0 Å². The predicted molar refractivity (Wildman–Crippen MR) is 110 cm³/mol. The Morgan fingerprint density at radius 1 is 1.17 bits per heavy atom. The van der Waals surface area contributed by atoms with E-state index in [1.54, 1.807) is 13.0 Å². The lowest BCUT2D eigenvalue weighted by Gasteiger charge is -2.31. The highest BCUT2D eigenvalue weighted by Gasteiger charge is 2.46. The molecule has 6 nitrogen and oxygen atoms in total. The Labute approximate surface area is 173 Å². The van der Waals surface area contributed by atoms with E-state index in [9.17, 15) is 15.0 Å². The Morgan fingerprint density at radius 2 is 1.86 bits per heavy atom. The van der Waals surface area contributed by atoms with Crippen LogP contribution in [0.25, 0.3) is 0 Å². The molecule has 2 N–H and O–H groups in total. The summed E-state index contributed by atoms with van der Waals surface area (Å²) in [6, 6.07) is 9.88. The molecule has 1 aliphatic heterocycles. The zero-order valence-electron chi connectivity index (χ0n) is 17.7. The number of ether oxygens (including phenoxy) is 3. The fourth-order valence-corrected chi connectivity index (χ4v) is 3.51. The molecule has 0 radical (unpaired) electrons. The standard InChI is InChI=1S/C23H34O6/c1-5-28-20(24)12-11-19-23(29-19)17(4)22(26)16(3)21(25)15(2)13-27-14-18-9-7-6-8-10-18/h6-12,15-17,19,21-23,25-26H,5,13-14H2,1-4H3/b12-11+/t15-,16+,17+,19-,21-,22+,23-/m0/s1. The van der Waals surface area contributed by atoms with Gasteiger partial charge >= 0.3 is 5.97 Å². The molecule has 0 unspecified atom stereocenters. The van der Waals surface area contributed by atoms with Crippen molar-refractivity contribution in [1.29, 1.82) is 0 Å². The van der Waals surface area contributed by atoms with Gasteiger partial charge < -0.3 is 24.4 Å². The molecule has 1 aromatic rings. The van der Waals surface area contributed by atoms with Crippen molar-refractivity contribution in [3.8, 4) is 0 Å². The molecule has 0 amide bonds. The van der Waals surface area contributed by atoms with Gasteiger partial charge in [0, 0.05) is 23.8 Å². The number of carbonyl (C=O) groups is 1. The Hall–Kier alpha value is -1.73. The summed E-state index contributed by atoms with van der Waals surface area (Å²) in [5, 5.41) is 21.4. The van der Waals surface area contributed by atoms with Gasteiger partial charge in [0.1, 0.15) is 6.10 Å². The Kier molecular flexibility index (Phi) is 9.30. The second-order valence-electron chi connectivity index (χ2n) is 7.85. The van der Waals surface area contributed by atoms with Gasteiger partial charge in [0.15, 0.2) is 0 Å². The minimum Gasteiger partial charge on any atom is -0.463 e.